The van der Waals surface area contributed by atoms with Gasteiger partial charge in [0.2, 0.25) is 0 Å². The minimum absolute atomic E-state index is 0.390. The summed E-state index contributed by atoms with van der Waals surface area (Å²) >= 11 is 0.390. The molecular weight excluding hydrogens is 413 g/mol. The zero-order valence-corrected chi connectivity index (χ0v) is 17.6. The Morgan fingerprint density at radius 3 is 2.24 bits per heavy atom. The number of benzene rings is 1. The molecule has 0 spiro atoms. The van der Waals surface area contributed by atoms with E-state index in [0.29, 0.717) is 14.5 Å². The van der Waals surface area contributed by atoms with Crippen LogP contribution in [-0.4, -0.2) is 25.8 Å². The Morgan fingerprint density at radius 2 is 1.76 bits per heavy atom. The van der Waals surface area contributed by atoms with Gasteiger partial charge < -0.3 is 0 Å². The van der Waals surface area contributed by atoms with E-state index in [2.05, 4.69) is 50.5 Å². The monoisotopic (exact) mass is 438 g/mol. The molecule has 0 bridgehead atoms. The Kier molecular flexibility index (Phi) is 8.57. The maximum Gasteiger partial charge on any atom is 0.0777 e. The number of hydrogen-bond donors (Lipinski definition) is 1. The normalized spacial score (nSPS) is 12.1. The number of aryl methyl sites for hydroxylation is 3. The topological polar surface area (TPSA) is 103 Å². The minimum atomic E-state index is -4.69. The van der Waals surface area contributed by atoms with Crippen molar-refractivity contribution in [3.8, 4) is 0 Å². The Labute approximate surface area is 156 Å². The fraction of sp³-hybridized carbons (Fsp3) is 0.471. The van der Waals surface area contributed by atoms with Crippen molar-refractivity contribution < 1.29 is 38.2 Å². The molecule has 0 atom stereocenters. The molecular formula is C17H25ClNO5Se+. The second-order valence-corrected chi connectivity index (χ2v) is 8.40. The van der Waals surface area contributed by atoms with E-state index < -0.39 is 10.2 Å². The molecule has 1 aromatic heterocycles. The predicted octanol–water partition coefficient (Wildman–Crippen LogP) is -0.516. The van der Waals surface area contributed by atoms with E-state index >= 15 is 0 Å². The maximum atomic E-state index is 8.60. The summed E-state index contributed by atoms with van der Waals surface area (Å²) in [5.41, 5.74) is 4.17. The van der Waals surface area contributed by atoms with E-state index in [9.17, 15) is 0 Å². The van der Waals surface area contributed by atoms with Gasteiger partial charge >= 0.3 is 127 Å². The fourth-order valence-electron chi connectivity index (χ4n) is 2.36. The molecule has 1 N–H and O–H groups in total. The van der Waals surface area contributed by atoms with Gasteiger partial charge in [0.25, 0.3) is 0 Å². The average Bonchev–Trinajstić information content (AvgIpc) is 2.81. The molecule has 0 fully saturated rings. The zero-order valence-electron chi connectivity index (χ0n) is 15.2. The molecule has 140 valence electrons. The number of allylic oxidation sites excluding steroid dienone is 1. The molecule has 0 radical (unpaired) electrons. The summed E-state index contributed by atoms with van der Waals surface area (Å²) in [5.74, 6) is 1.10. The van der Waals surface area contributed by atoms with Crippen molar-refractivity contribution in [2.75, 3.05) is 6.61 Å². The van der Waals surface area contributed by atoms with Crippen LogP contribution in [0.25, 0.3) is 15.9 Å². The number of hydrogen-bond acceptors (Lipinski definition) is 5. The first kappa shape index (κ1) is 22.1. The summed E-state index contributed by atoms with van der Waals surface area (Å²) in [5, 5.41) is 0. The molecule has 1 heterocycles. The largest absolute Gasteiger partial charge is 0.183 e. The average molecular weight is 438 g/mol. The molecule has 2 aromatic rings. The Hall–Kier alpha value is -0.921. The molecule has 0 aliphatic rings. The molecule has 0 aliphatic carbocycles. The summed E-state index contributed by atoms with van der Waals surface area (Å²) in [4.78, 5) is 0. The summed E-state index contributed by atoms with van der Waals surface area (Å²) in [6, 6.07) is 4.70. The van der Waals surface area contributed by atoms with Crippen LogP contribution in [0, 0.1) is 24.1 Å². The number of nitrogens with zero attached hydrogens (tertiary/aromatic N) is 1. The van der Waals surface area contributed by atoms with Crippen molar-refractivity contribution in [3.05, 3.63) is 33.6 Å². The summed E-state index contributed by atoms with van der Waals surface area (Å²) in [6.07, 6.45) is 3.22. The second-order valence-electron chi connectivity index (χ2n) is 5.38. The molecule has 0 amide bonds. The third-order valence-electron chi connectivity index (χ3n) is 3.63. The van der Waals surface area contributed by atoms with E-state index in [4.69, 9.17) is 23.4 Å². The van der Waals surface area contributed by atoms with E-state index in [1.807, 2.05) is 6.92 Å². The molecule has 2 rings (SSSR count). The van der Waals surface area contributed by atoms with Crippen molar-refractivity contribution in [1.29, 1.82) is 0 Å². The smallest absolute Gasteiger partial charge is 0.0777 e. The molecule has 0 unspecified atom stereocenters. The van der Waals surface area contributed by atoms with Gasteiger partial charge in [-0.3, -0.25) is 0 Å². The van der Waals surface area contributed by atoms with Crippen molar-refractivity contribution in [2.45, 2.75) is 47.6 Å². The van der Waals surface area contributed by atoms with E-state index in [1.165, 1.54) is 25.5 Å². The molecule has 0 saturated heterocycles. The Balaban J connectivity index is 0.000000550. The van der Waals surface area contributed by atoms with Crippen molar-refractivity contribution in [2.24, 2.45) is 0 Å². The number of rotatable bonds is 5. The maximum absolute atomic E-state index is 8.60. The van der Waals surface area contributed by atoms with Gasteiger partial charge in [-0.05, 0) is 0 Å². The van der Waals surface area contributed by atoms with Crippen LogP contribution in [0.4, 0.5) is 0 Å². The zero-order chi connectivity index (χ0) is 19.2. The van der Waals surface area contributed by atoms with E-state index in [1.54, 1.807) is 0 Å². The van der Waals surface area contributed by atoms with Gasteiger partial charge in [-0.15, -0.1) is 0 Å². The van der Waals surface area contributed by atoms with Gasteiger partial charge in [-0.1, -0.05) is 0 Å². The summed E-state index contributed by atoms with van der Waals surface area (Å²) < 4.78 is 43.8. The van der Waals surface area contributed by atoms with Crippen molar-refractivity contribution in [1.82, 2.24) is 0 Å². The minimum Gasteiger partial charge on any atom is -0.183 e. The summed E-state index contributed by atoms with van der Waals surface area (Å²) in [7, 11) is -4.69. The second kappa shape index (κ2) is 9.69. The van der Waals surface area contributed by atoms with Crippen LogP contribution in [0.3, 0.4) is 0 Å². The molecule has 1 aromatic carbocycles. The van der Waals surface area contributed by atoms with Crippen LogP contribution in [0.15, 0.2) is 17.9 Å². The molecule has 6 nitrogen and oxygen atoms in total. The van der Waals surface area contributed by atoms with Gasteiger partial charge in [0, 0.05) is 0 Å². The van der Waals surface area contributed by atoms with Crippen LogP contribution >= 0.6 is 0 Å². The van der Waals surface area contributed by atoms with Gasteiger partial charge in [-0.25, -0.2) is 0 Å². The van der Waals surface area contributed by atoms with Crippen LogP contribution < -0.4 is 18.5 Å². The first-order valence-electron chi connectivity index (χ1n) is 8.00. The first-order valence-corrected chi connectivity index (χ1v) is 11.0. The number of halogens is 1. The van der Waals surface area contributed by atoms with Gasteiger partial charge in [0.15, 0.2) is 0 Å². The third kappa shape index (κ3) is 7.07. The Morgan fingerprint density at radius 1 is 1.20 bits per heavy atom. The molecule has 0 saturated carbocycles. The first-order chi connectivity index (χ1) is 11.6. The molecule has 8 heteroatoms. The van der Waals surface area contributed by atoms with Gasteiger partial charge in [-0.2, -0.15) is 14.0 Å². The fourth-order valence-corrected chi connectivity index (χ4v) is 5.01. The van der Waals surface area contributed by atoms with Crippen molar-refractivity contribution >= 4 is 30.4 Å². The third-order valence-corrected chi connectivity index (χ3v) is 5.92. The van der Waals surface area contributed by atoms with E-state index in [-0.39, 0.29) is 0 Å². The van der Waals surface area contributed by atoms with Gasteiger partial charge in [0.05, 0.1) is 14.9 Å². The van der Waals surface area contributed by atoms with Crippen LogP contribution in [0.5, 0.6) is 0 Å². The standard InChI is InChI=1S/C17H24NOSe.ClHO4/c1-6-14(19-8-3)11-17-18(7-2)15-9-12(4)13(5)10-16(15)20-17;2-1(3,4)5/h9-11H,6-8H2,1-5H3;(H,2,3,4,5)/q+1;/b14-11+;. The van der Waals surface area contributed by atoms with Crippen LogP contribution in [0.2, 0.25) is 0 Å². The van der Waals surface area contributed by atoms with Crippen LogP contribution in [-0.2, 0) is 11.3 Å². The van der Waals surface area contributed by atoms with Crippen molar-refractivity contribution in [3.63, 3.8) is 0 Å². The quantitative estimate of drug-likeness (QED) is 0.385. The molecule has 0 aliphatic heterocycles. The summed E-state index contributed by atoms with van der Waals surface area (Å²) in [6.45, 7) is 12.6. The van der Waals surface area contributed by atoms with Crippen LogP contribution in [0.1, 0.15) is 42.9 Å². The Bertz CT molecular complexity index is 731. The predicted molar refractivity (Wildman–Crippen MR) is 88.3 cm³/mol. The van der Waals surface area contributed by atoms with Gasteiger partial charge in [0.1, 0.15) is 0 Å². The van der Waals surface area contributed by atoms with E-state index in [0.717, 1.165) is 25.3 Å². The SMILES string of the molecule is CCO/C(=C/c1[se]c2cc(C)c(C)cc2[n+]1CC)CC.[O-][Cl+3]([O-])([O-])O. The molecule has 25 heavy (non-hydrogen) atoms. The number of ether oxygens (including phenoxy) is 1. The number of fused-ring (bicyclic) bond motifs is 1. The number of aromatic nitrogens is 1.